The van der Waals surface area contributed by atoms with Gasteiger partial charge in [-0.15, -0.1) is 11.3 Å². The lowest BCUT2D eigenvalue weighted by Crippen LogP contribution is -1.93. The molecule has 2 aromatic heterocycles. The van der Waals surface area contributed by atoms with Crippen molar-refractivity contribution in [2.24, 2.45) is 0 Å². The Morgan fingerprint density at radius 1 is 0.276 bits per heavy atom. The molecule has 0 atom stereocenters. The third-order valence-electron chi connectivity index (χ3n) is 12.5. The zero-order valence-corrected chi connectivity index (χ0v) is 32.2. The zero-order valence-electron chi connectivity index (χ0n) is 31.4. The van der Waals surface area contributed by atoms with Crippen LogP contribution in [-0.4, -0.2) is 4.57 Å². The van der Waals surface area contributed by atoms with E-state index in [-0.39, 0.29) is 0 Å². The monoisotopic (exact) mass is 751 g/mol. The summed E-state index contributed by atoms with van der Waals surface area (Å²) in [4.78, 5) is 0. The van der Waals surface area contributed by atoms with Crippen molar-refractivity contribution < 1.29 is 0 Å². The topological polar surface area (TPSA) is 4.93 Å². The van der Waals surface area contributed by atoms with Crippen LogP contribution in [0.5, 0.6) is 0 Å². The van der Waals surface area contributed by atoms with Gasteiger partial charge in [-0.2, -0.15) is 0 Å². The third-order valence-corrected chi connectivity index (χ3v) is 13.7. The van der Waals surface area contributed by atoms with E-state index in [1.807, 2.05) is 11.3 Å². The highest BCUT2D eigenvalue weighted by atomic mass is 32.1. The van der Waals surface area contributed by atoms with Gasteiger partial charge in [0.15, 0.2) is 0 Å². The molecule has 58 heavy (non-hydrogen) atoms. The molecule has 0 saturated carbocycles. The van der Waals surface area contributed by atoms with Gasteiger partial charge in [-0.05, 0) is 143 Å². The second-order valence-electron chi connectivity index (χ2n) is 15.7. The Labute approximate surface area is 338 Å². The number of hydrogen-bond donors (Lipinski definition) is 0. The fourth-order valence-corrected chi connectivity index (χ4v) is 10.8. The molecule has 13 rings (SSSR count). The molecule has 0 saturated heterocycles. The Bertz CT molecular complexity index is 3850. The van der Waals surface area contributed by atoms with Crippen molar-refractivity contribution >= 4 is 107 Å². The summed E-state index contributed by atoms with van der Waals surface area (Å²) in [6, 6.07) is 74.6. The number of para-hydroxylation sites is 1. The minimum absolute atomic E-state index is 1.17. The highest BCUT2D eigenvalue weighted by molar-refractivity contribution is 7.25. The van der Waals surface area contributed by atoms with Crippen LogP contribution in [-0.2, 0) is 0 Å². The summed E-state index contributed by atoms with van der Waals surface area (Å²) in [5.74, 6) is 0. The van der Waals surface area contributed by atoms with E-state index in [1.54, 1.807) is 0 Å². The predicted molar refractivity (Wildman–Crippen MR) is 252 cm³/mol. The Morgan fingerprint density at radius 3 is 1.53 bits per heavy atom. The highest BCUT2D eigenvalue weighted by Crippen LogP contribution is 2.44. The average molecular weight is 752 g/mol. The van der Waals surface area contributed by atoms with Gasteiger partial charge in [0.1, 0.15) is 0 Å². The summed E-state index contributed by atoms with van der Waals surface area (Å²) in [6.45, 7) is 0. The summed E-state index contributed by atoms with van der Waals surface area (Å²) in [5.41, 5.74) is 8.59. The second-order valence-corrected chi connectivity index (χ2v) is 16.7. The molecule has 13 aromatic rings. The van der Waals surface area contributed by atoms with Crippen LogP contribution in [0.2, 0.25) is 0 Å². The van der Waals surface area contributed by atoms with Crippen LogP contribution < -0.4 is 0 Å². The molecule has 0 aliphatic heterocycles. The standard InChI is InChI=1S/C56H33NS/c1-2-13-41(14-3-1)57-52-25-21-35-11-6-7-15-42(35)56(52)51-32-47-44-17-9-8-16-43(44)46-29-38(20-24-45(46)48(47)33-53(51)57)40-23-27-55-50(31-40)49-30-39(22-26-54(49)58-55)37-19-18-34-10-4-5-12-36(34)28-37/h1-33H. The lowest BCUT2D eigenvalue weighted by molar-refractivity contribution is 1.18. The predicted octanol–water partition coefficient (Wildman–Crippen LogP) is 16.3. The molecule has 0 fully saturated rings. The summed E-state index contributed by atoms with van der Waals surface area (Å²) in [6.07, 6.45) is 0. The molecule has 0 aliphatic carbocycles. The molecule has 0 spiro atoms. The minimum atomic E-state index is 1.17. The molecule has 268 valence electrons. The first-order valence-electron chi connectivity index (χ1n) is 20.0. The normalized spacial score (nSPS) is 12.1. The molecule has 2 heterocycles. The van der Waals surface area contributed by atoms with E-state index < -0.39 is 0 Å². The van der Waals surface area contributed by atoms with Crippen LogP contribution in [0.4, 0.5) is 0 Å². The molecule has 2 heteroatoms. The summed E-state index contributed by atoms with van der Waals surface area (Å²) >= 11 is 1.88. The summed E-state index contributed by atoms with van der Waals surface area (Å²) in [7, 11) is 0. The number of benzene rings is 11. The van der Waals surface area contributed by atoms with Crippen molar-refractivity contribution in [3.63, 3.8) is 0 Å². The van der Waals surface area contributed by atoms with Crippen LogP contribution in [0.25, 0.3) is 124 Å². The van der Waals surface area contributed by atoms with Crippen LogP contribution in [0.1, 0.15) is 0 Å². The van der Waals surface area contributed by atoms with E-state index in [4.69, 9.17) is 0 Å². The van der Waals surface area contributed by atoms with Gasteiger partial charge in [0, 0.05) is 36.6 Å². The van der Waals surface area contributed by atoms with Crippen molar-refractivity contribution in [3.8, 4) is 27.9 Å². The van der Waals surface area contributed by atoms with Crippen LogP contribution >= 0.6 is 11.3 Å². The Kier molecular flexibility index (Phi) is 6.66. The van der Waals surface area contributed by atoms with Crippen molar-refractivity contribution in [1.82, 2.24) is 4.57 Å². The third kappa shape index (κ3) is 4.64. The Balaban J connectivity index is 1.03. The first kappa shape index (κ1) is 31.9. The van der Waals surface area contributed by atoms with Crippen molar-refractivity contribution in [1.29, 1.82) is 0 Å². The maximum atomic E-state index is 2.47. The van der Waals surface area contributed by atoms with Gasteiger partial charge in [-0.3, -0.25) is 0 Å². The van der Waals surface area contributed by atoms with Gasteiger partial charge in [-0.1, -0.05) is 133 Å². The lowest BCUT2D eigenvalue weighted by Gasteiger charge is -2.14. The van der Waals surface area contributed by atoms with Gasteiger partial charge in [0.2, 0.25) is 0 Å². The molecule has 11 aromatic carbocycles. The van der Waals surface area contributed by atoms with Crippen LogP contribution in [0.3, 0.4) is 0 Å². The number of aromatic nitrogens is 1. The fraction of sp³-hybridized carbons (Fsp3) is 0. The van der Waals surface area contributed by atoms with Crippen molar-refractivity contribution in [3.05, 3.63) is 200 Å². The first-order chi connectivity index (χ1) is 28.7. The minimum Gasteiger partial charge on any atom is -0.309 e. The maximum absolute atomic E-state index is 2.47. The quantitative estimate of drug-likeness (QED) is 0.158. The van der Waals surface area contributed by atoms with Gasteiger partial charge >= 0.3 is 0 Å². The molecule has 0 amide bonds. The summed E-state index contributed by atoms with van der Waals surface area (Å²) in [5, 5.41) is 18.0. The smallest absolute Gasteiger partial charge is 0.0547 e. The second kappa shape index (κ2) is 12.1. The number of fused-ring (bicyclic) bond motifs is 15. The molecule has 0 unspecified atom stereocenters. The fourth-order valence-electron chi connectivity index (χ4n) is 9.77. The van der Waals surface area contributed by atoms with E-state index in [9.17, 15) is 0 Å². The molecule has 1 nitrogen and oxygen atoms in total. The Hall–Kier alpha value is -7.26. The molecule has 0 N–H and O–H groups in total. The van der Waals surface area contributed by atoms with Gasteiger partial charge < -0.3 is 4.57 Å². The zero-order chi connectivity index (χ0) is 37.9. The van der Waals surface area contributed by atoms with Crippen LogP contribution in [0, 0.1) is 0 Å². The van der Waals surface area contributed by atoms with Gasteiger partial charge in [-0.25, -0.2) is 0 Å². The largest absolute Gasteiger partial charge is 0.309 e. The lowest BCUT2D eigenvalue weighted by atomic mass is 9.90. The van der Waals surface area contributed by atoms with E-state index >= 15 is 0 Å². The number of hydrogen-bond acceptors (Lipinski definition) is 1. The van der Waals surface area contributed by atoms with Crippen molar-refractivity contribution in [2.75, 3.05) is 0 Å². The van der Waals surface area contributed by atoms with Gasteiger partial charge in [0.25, 0.3) is 0 Å². The number of thiophene rings is 1. The highest BCUT2D eigenvalue weighted by Gasteiger charge is 2.19. The Morgan fingerprint density at radius 2 is 0.793 bits per heavy atom. The molecular weight excluding hydrogens is 719 g/mol. The molecule has 0 radical (unpaired) electrons. The van der Waals surface area contributed by atoms with E-state index in [2.05, 4.69) is 205 Å². The SMILES string of the molecule is c1ccc(-n2c3cc4c5ccc(-c6ccc7sc8ccc(-c9ccc%10ccccc%10c9)cc8c7c6)cc5c5ccccc5c4cc3c3c4ccccc4ccc32)cc1. The first-order valence-corrected chi connectivity index (χ1v) is 20.8. The van der Waals surface area contributed by atoms with E-state index in [1.165, 1.54) is 124 Å². The average Bonchev–Trinajstić information content (AvgIpc) is 3.83. The summed E-state index contributed by atoms with van der Waals surface area (Å²) < 4.78 is 5.09. The number of rotatable bonds is 3. The van der Waals surface area contributed by atoms with E-state index in [0.29, 0.717) is 0 Å². The van der Waals surface area contributed by atoms with E-state index in [0.717, 1.165) is 0 Å². The molecule has 0 aliphatic rings. The number of nitrogens with zero attached hydrogens (tertiary/aromatic N) is 1. The molecular formula is C56H33NS. The molecule has 0 bridgehead atoms. The van der Waals surface area contributed by atoms with Gasteiger partial charge in [0.05, 0.1) is 11.0 Å². The maximum Gasteiger partial charge on any atom is 0.0547 e. The van der Waals surface area contributed by atoms with Crippen molar-refractivity contribution in [2.45, 2.75) is 0 Å². The van der Waals surface area contributed by atoms with Crippen LogP contribution in [0.15, 0.2) is 200 Å².